The minimum Gasteiger partial charge on any atom is -0.480 e. The van der Waals surface area contributed by atoms with E-state index in [1.54, 1.807) is 13.8 Å². The molecule has 0 aliphatic heterocycles. The van der Waals surface area contributed by atoms with Gasteiger partial charge in [-0.25, -0.2) is 4.79 Å². The van der Waals surface area contributed by atoms with Crippen LogP contribution in [-0.2, 0) is 9.59 Å². The highest BCUT2D eigenvalue weighted by molar-refractivity contribution is 6.30. The van der Waals surface area contributed by atoms with Gasteiger partial charge in [0, 0.05) is 0 Å². The zero-order chi connectivity index (χ0) is 12.9. The highest BCUT2D eigenvalue weighted by Crippen LogP contribution is 2.12. The van der Waals surface area contributed by atoms with Gasteiger partial charge in [-0.15, -0.1) is 11.6 Å². The molecule has 0 aromatic carbocycles. The highest BCUT2D eigenvalue weighted by atomic mass is 35.5. The molecule has 0 spiro atoms. The number of carbonyl (C=O) groups is 2. The van der Waals surface area contributed by atoms with Crippen LogP contribution in [0.25, 0.3) is 0 Å². The number of carboxylic acids is 1. The third-order valence-corrected chi connectivity index (χ3v) is 2.57. The third-order valence-electron chi connectivity index (χ3n) is 2.19. The van der Waals surface area contributed by atoms with E-state index < -0.39 is 23.3 Å². The second-order valence-corrected chi connectivity index (χ2v) is 5.19. The van der Waals surface area contributed by atoms with Crippen molar-refractivity contribution in [2.24, 2.45) is 11.8 Å². The second kappa shape index (κ2) is 6.74. The van der Waals surface area contributed by atoms with E-state index in [2.05, 4.69) is 5.32 Å². The number of nitrogens with one attached hydrogen (secondary N) is 1. The number of aliphatic carboxylic acids is 1. The fraction of sp³-hybridized carbons (Fsp3) is 0.818. The molecular formula is C11H20ClNO3. The SMILES string of the molecule is CC(C)CC(Cl)C(=O)NC(C(=O)O)C(C)C. The van der Waals surface area contributed by atoms with Gasteiger partial charge in [-0.05, 0) is 18.3 Å². The summed E-state index contributed by atoms with van der Waals surface area (Å²) in [6, 6.07) is -0.874. The number of amides is 1. The molecule has 4 nitrogen and oxygen atoms in total. The largest absolute Gasteiger partial charge is 0.480 e. The van der Waals surface area contributed by atoms with E-state index in [0.717, 1.165) is 0 Å². The quantitative estimate of drug-likeness (QED) is 0.707. The smallest absolute Gasteiger partial charge is 0.326 e. The molecular weight excluding hydrogens is 230 g/mol. The molecule has 0 heterocycles. The summed E-state index contributed by atoms with van der Waals surface area (Å²) in [5.41, 5.74) is 0. The second-order valence-electron chi connectivity index (χ2n) is 4.67. The summed E-state index contributed by atoms with van der Waals surface area (Å²) < 4.78 is 0. The van der Waals surface area contributed by atoms with Crippen molar-refractivity contribution < 1.29 is 14.7 Å². The molecule has 0 radical (unpaired) electrons. The summed E-state index contributed by atoms with van der Waals surface area (Å²) in [5.74, 6) is -1.30. The fourth-order valence-corrected chi connectivity index (χ4v) is 1.70. The summed E-state index contributed by atoms with van der Waals surface area (Å²) in [4.78, 5) is 22.5. The van der Waals surface area contributed by atoms with Crippen molar-refractivity contribution in [2.75, 3.05) is 0 Å². The number of carboxylic acid groups (broad SMARTS) is 1. The number of hydrogen-bond acceptors (Lipinski definition) is 2. The average Bonchev–Trinajstić information content (AvgIpc) is 2.11. The lowest BCUT2D eigenvalue weighted by molar-refractivity contribution is -0.143. The van der Waals surface area contributed by atoms with Crippen LogP contribution in [0.5, 0.6) is 0 Å². The average molecular weight is 250 g/mol. The first-order chi connectivity index (χ1) is 7.25. The lowest BCUT2D eigenvalue weighted by Crippen LogP contribution is -2.47. The maximum Gasteiger partial charge on any atom is 0.326 e. The molecule has 5 heteroatoms. The molecule has 0 rings (SSSR count). The zero-order valence-corrected chi connectivity index (χ0v) is 10.9. The normalized spacial score (nSPS) is 14.9. The van der Waals surface area contributed by atoms with Crippen LogP contribution in [0.1, 0.15) is 34.1 Å². The lowest BCUT2D eigenvalue weighted by atomic mass is 10.0. The first kappa shape index (κ1) is 15.2. The van der Waals surface area contributed by atoms with Crippen molar-refractivity contribution in [1.82, 2.24) is 5.32 Å². The van der Waals surface area contributed by atoms with E-state index >= 15 is 0 Å². The molecule has 94 valence electrons. The van der Waals surface area contributed by atoms with Crippen molar-refractivity contribution in [3.63, 3.8) is 0 Å². The number of halogens is 1. The van der Waals surface area contributed by atoms with E-state index in [1.807, 2.05) is 13.8 Å². The molecule has 0 fully saturated rings. The Morgan fingerprint density at radius 3 is 2.06 bits per heavy atom. The Labute approximate surface area is 101 Å². The molecule has 0 aliphatic carbocycles. The summed E-state index contributed by atoms with van der Waals surface area (Å²) in [6.07, 6.45) is 0.540. The predicted octanol–water partition coefficient (Wildman–Crippen LogP) is 1.87. The van der Waals surface area contributed by atoms with E-state index in [1.165, 1.54) is 0 Å². The zero-order valence-electron chi connectivity index (χ0n) is 10.2. The monoisotopic (exact) mass is 249 g/mol. The maximum atomic E-state index is 11.6. The molecule has 0 aromatic heterocycles. The third kappa shape index (κ3) is 5.35. The Balaban J connectivity index is 4.35. The van der Waals surface area contributed by atoms with E-state index in [0.29, 0.717) is 12.3 Å². The standard InChI is InChI=1S/C11H20ClNO3/c1-6(2)5-8(12)10(14)13-9(7(3)4)11(15)16/h6-9H,5H2,1-4H3,(H,13,14)(H,15,16). The van der Waals surface area contributed by atoms with Gasteiger partial charge in [-0.1, -0.05) is 27.7 Å². The Morgan fingerprint density at radius 2 is 1.75 bits per heavy atom. The molecule has 0 aromatic rings. The van der Waals surface area contributed by atoms with Gasteiger partial charge in [0.05, 0.1) is 0 Å². The fourth-order valence-electron chi connectivity index (χ4n) is 1.28. The minimum atomic E-state index is -1.03. The summed E-state index contributed by atoms with van der Waals surface area (Å²) in [7, 11) is 0. The van der Waals surface area contributed by atoms with Crippen LogP contribution in [0.4, 0.5) is 0 Å². The van der Waals surface area contributed by atoms with Gasteiger partial charge in [0.2, 0.25) is 5.91 Å². The van der Waals surface area contributed by atoms with Crippen molar-refractivity contribution in [1.29, 1.82) is 0 Å². The van der Waals surface area contributed by atoms with Crippen LogP contribution < -0.4 is 5.32 Å². The Hall–Kier alpha value is -0.770. The first-order valence-corrected chi connectivity index (χ1v) is 5.86. The molecule has 0 bridgehead atoms. The molecule has 2 unspecified atom stereocenters. The maximum absolute atomic E-state index is 11.6. The number of hydrogen-bond donors (Lipinski definition) is 2. The summed E-state index contributed by atoms with van der Waals surface area (Å²) in [6.45, 7) is 7.40. The molecule has 1 amide bonds. The molecule has 0 aliphatic rings. The van der Waals surface area contributed by atoms with Gasteiger partial charge in [0.25, 0.3) is 0 Å². The van der Waals surface area contributed by atoms with E-state index in [-0.39, 0.29) is 5.92 Å². The number of carbonyl (C=O) groups excluding carboxylic acids is 1. The van der Waals surface area contributed by atoms with Gasteiger partial charge in [-0.2, -0.15) is 0 Å². The molecule has 16 heavy (non-hydrogen) atoms. The van der Waals surface area contributed by atoms with Crippen molar-refractivity contribution in [3.8, 4) is 0 Å². The molecule has 2 N–H and O–H groups in total. The van der Waals surface area contributed by atoms with Crippen molar-refractivity contribution >= 4 is 23.5 Å². The molecule has 0 saturated heterocycles. The summed E-state index contributed by atoms with van der Waals surface area (Å²) in [5, 5.41) is 10.7. The van der Waals surface area contributed by atoms with Gasteiger partial charge in [0.1, 0.15) is 11.4 Å². The Kier molecular flexibility index (Phi) is 6.41. The predicted molar refractivity (Wildman–Crippen MR) is 63.5 cm³/mol. The van der Waals surface area contributed by atoms with Gasteiger partial charge in [0.15, 0.2) is 0 Å². The lowest BCUT2D eigenvalue weighted by Gasteiger charge is -2.20. The van der Waals surface area contributed by atoms with Crippen LogP contribution in [0.3, 0.4) is 0 Å². The molecule has 0 saturated carbocycles. The van der Waals surface area contributed by atoms with Crippen LogP contribution in [-0.4, -0.2) is 28.4 Å². The minimum absolute atomic E-state index is 0.163. The summed E-state index contributed by atoms with van der Waals surface area (Å²) >= 11 is 5.87. The van der Waals surface area contributed by atoms with Gasteiger partial charge < -0.3 is 10.4 Å². The van der Waals surface area contributed by atoms with Crippen LogP contribution in [0.15, 0.2) is 0 Å². The van der Waals surface area contributed by atoms with Crippen LogP contribution in [0, 0.1) is 11.8 Å². The van der Waals surface area contributed by atoms with Crippen LogP contribution >= 0.6 is 11.6 Å². The Morgan fingerprint density at radius 1 is 1.25 bits per heavy atom. The van der Waals surface area contributed by atoms with Crippen molar-refractivity contribution in [2.45, 2.75) is 45.5 Å². The highest BCUT2D eigenvalue weighted by Gasteiger charge is 2.26. The number of alkyl halides is 1. The molecule has 2 atom stereocenters. The van der Waals surface area contributed by atoms with Crippen molar-refractivity contribution in [3.05, 3.63) is 0 Å². The Bertz CT molecular complexity index is 254. The topological polar surface area (TPSA) is 66.4 Å². The van der Waals surface area contributed by atoms with Crippen LogP contribution in [0.2, 0.25) is 0 Å². The number of rotatable bonds is 6. The first-order valence-electron chi connectivity index (χ1n) is 5.43. The van der Waals surface area contributed by atoms with Gasteiger partial charge >= 0.3 is 5.97 Å². The van der Waals surface area contributed by atoms with E-state index in [4.69, 9.17) is 16.7 Å². The van der Waals surface area contributed by atoms with Gasteiger partial charge in [-0.3, -0.25) is 4.79 Å². The van der Waals surface area contributed by atoms with E-state index in [9.17, 15) is 9.59 Å².